The zero-order valence-electron chi connectivity index (χ0n) is 29.7. The lowest BCUT2D eigenvalue weighted by atomic mass is 9.87. The topological polar surface area (TPSA) is 124 Å². The van der Waals surface area contributed by atoms with E-state index >= 15 is 0 Å². The molecule has 6 rings (SSSR count). The van der Waals surface area contributed by atoms with Crippen molar-refractivity contribution in [3.8, 4) is 0 Å². The molecule has 1 saturated carbocycles. The third-order valence-electron chi connectivity index (χ3n) is 10.8. The monoisotopic (exact) mass is 757 g/mol. The van der Waals surface area contributed by atoms with Crippen molar-refractivity contribution in [3.05, 3.63) is 63.8 Å². The minimum absolute atomic E-state index is 0.0154. The number of nitrogens with one attached hydrogen (secondary N) is 1. The molecule has 1 aliphatic carbocycles. The largest absolute Gasteiger partial charge is 0.481 e. The number of carbonyl (C=O) groups excluding carboxylic acids is 3. The Kier molecular flexibility index (Phi) is 11.5. The Morgan fingerprint density at radius 2 is 1.69 bits per heavy atom. The quantitative estimate of drug-likeness (QED) is 0.268. The van der Waals surface area contributed by atoms with E-state index in [1.807, 2.05) is 40.8 Å². The molecule has 1 aromatic heterocycles. The maximum absolute atomic E-state index is 14.4. The van der Waals surface area contributed by atoms with Gasteiger partial charge in [0, 0.05) is 67.9 Å². The van der Waals surface area contributed by atoms with E-state index in [-0.39, 0.29) is 47.4 Å². The number of fused-ring (bicyclic) bond motifs is 1. The minimum Gasteiger partial charge on any atom is -0.481 e. The molecular weight excluding hydrogens is 712 g/mol. The molecule has 0 unspecified atom stereocenters. The molecule has 0 bridgehead atoms. The third kappa shape index (κ3) is 8.40. The van der Waals surface area contributed by atoms with Crippen molar-refractivity contribution in [3.63, 3.8) is 0 Å². The summed E-state index contributed by atoms with van der Waals surface area (Å²) in [6.45, 7) is 5.25. The van der Waals surface area contributed by atoms with Gasteiger partial charge in [0.25, 0.3) is 11.8 Å². The van der Waals surface area contributed by atoms with E-state index in [4.69, 9.17) is 27.9 Å². The Bertz CT molecular complexity index is 1830. The van der Waals surface area contributed by atoms with Gasteiger partial charge in [0.15, 0.2) is 5.67 Å². The summed E-state index contributed by atoms with van der Waals surface area (Å²) >= 11 is 13.4. The van der Waals surface area contributed by atoms with Crippen molar-refractivity contribution in [2.75, 3.05) is 44.6 Å². The molecular formula is C38H46Cl2FN5O6. The Balaban J connectivity index is 1.13. The minimum atomic E-state index is -1.93. The fourth-order valence-electron chi connectivity index (χ4n) is 7.81. The molecule has 11 nitrogen and oxygen atoms in total. The Labute approximate surface area is 312 Å². The summed E-state index contributed by atoms with van der Waals surface area (Å²) in [6.07, 6.45) is 4.76. The van der Waals surface area contributed by atoms with Crippen LogP contribution < -0.4 is 5.32 Å². The number of aromatic nitrogens is 1. The first-order valence-electron chi connectivity index (χ1n) is 17.9. The van der Waals surface area contributed by atoms with Crippen molar-refractivity contribution >= 4 is 63.5 Å². The third-order valence-corrected chi connectivity index (χ3v) is 11.4. The summed E-state index contributed by atoms with van der Waals surface area (Å²) in [5, 5.41) is 13.6. The molecule has 0 radical (unpaired) electrons. The molecule has 52 heavy (non-hydrogen) atoms. The standard InChI is InChI=1S/C38H46Cl2FN5O6/c1-38(2,41)37(51)45-14-12-44(13-15-45)25-18-26(22-52-27-10-8-23(9-11-27)36(49)50)46(20-25)34(47)17-24-16-31(40)32(19-30(24)39)42-35(48)29-21-43(3)33-7-5-4-6-28(29)33/h4-7,16,19,21,23,25-27H,8-15,17-18,20,22H2,1-3H3,(H,42,48)(H,49,50)/t23-,25-,26-,27-/m0/s1. The number of halogens is 3. The molecule has 3 fully saturated rings. The van der Waals surface area contributed by atoms with Crippen LogP contribution in [0.2, 0.25) is 10.0 Å². The van der Waals surface area contributed by atoms with Crippen LogP contribution in [0.1, 0.15) is 61.9 Å². The average Bonchev–Trinajstić information content (AvgIpc) is 3.70. The molecule has 2 aliphatic heterocycles. The number of rotatable bonds is 10. The number of para-hydroxylation sites is 1. The summed E-state index contributed by atoms with van der Waals surface area (Å²) in [5.74, 6) is -2.13. The normalized spacial score (nSPS) is 22.9. The van der Waals surface area contributed by atoms with E-state index in [1.165, 1.54) is 13.8 Å². The predicted octanol–water partition coefficient (Wildman–Crippen LogP) is 5.80. The summed E-state index contributed by atoms with van der Waals surface area (Å²) in [7, 11) is 1.87. The first kappa shape index (κ1) is 38.0. The SMILES string of the molecule is Cn1cc(C(=O)Nc2cc(Cl)c(CC(=O)N3C[C@@H](N4CCN(C(=O)C(C)(C)F)CC4)C[C@H]3CO[C@H]3CC[C@H](C(=O)O)CC3)cc2Cl)c2ccccc21. The van der Waals surface area contributed by atoms with Gasteiger partial charge in [0.2, 0.25) is 5.91 Å². The summed E-state index contributed by atoms with van der Waals surface area (Å²) in [5.41, 5.74) is 0.337. The summed E-state index contributed by atoms with van der Waals surface area (Å²) in [4.78, 5) is 56.9. The van der Waals surface area contributed by atoms with Crippen LogP contribution in [-0.4, -0.2) is 111 Å². The Morgan fingerprint density at radius 3 is 2.37 bits per heavy atom. The van der Waals surface area contributed by atoms with Crippen LogP contribution in [0.25, 0.3) is 10.9 Å². The number of alkyl halides is 1. The van der Waals surface area contributed by atoms with Crippen LogP contribution in [0.3, 0.4) is 0 Å². The van der Waals surface area contributed by atoms with Gasteiger partial charge in [-0.2, -0.15) is 0 Å². The Hall–Kier alpha value is -3.71. The van der Waals surface area contributed by atoms with Crippen LogP contribution >= 0.6 is 23.2 Å². The summed E-state index contributed by atoms with van der Waals surface area (Å²) in [6, 6.07) is 10.6. The maximum Gasteiger partial charge on any atom is 0.306 e. The number of aryl methyl sites for hydroxylation is 1. The van der Waals surface area contributed by atoms with Crippen LogP contribution in [0.5, 0.6) is 0 Å². The van der Waals surface area contributed by atoms with Crippen molar-refractivity contribution in [2.45, 2.75) is 76.2 Å². The molecule has 3 aromatic rings. The van der Waals surface area contributed by atoms with Crippen molar-refractivity contribution in [1.82, 2.24) is 19.3 Å². The van der Waals surface area contributed by atoms with Crippen LogP contribution in [0.4, 0.5) is 10.1 Å². The highest BCUT2D eigenvalue weighted by molar-refractivity contribution is 6.36. The zero-order chi connectivity index (χ0) is 37.3. The average molecular weight is 759 g/mol. The van der Waals surface area contributed by atoms with Crippen molar-refractivity contribution in [1.29, 1.82) is 0 Å². The van der Waals surface area contributed by atoms with Gasteiger partial charge >= 0.3 is 5.97 Å². The fraction of sp³-hybridized carbons (Fsp3) is 0.526. The first-order valence-corrected chi connectivity index (χ1v) is 18.6. The number of ether oxygens (including phenoxy) is 1. The van der Waals surface area contributed by atoms with E-state index in [9.17, 15) is 28.7 Å². The number of piperazine rings is 1. The van der Waals surface area contributed by atoms with E-state index < -0.39 is 17.5 Å². The van der Waals surface area contributed by atoms with Gasteiger partial charge in [-0.1, -0.05) is 41.4 Å². The second-order valence-corrected chi connectivity index (χ2v) is 15.6. The molecule has 2 atom stereocenters. The molecule has 14 heteroatoms. The molecule has 3 aliphatic rings. The number of nitrogens with zero attached hydrogens (tertiary/aromatic N) is 4. The van der Waals surface area contributed by atoms with Gasteiger partial charge in [0.05, 0.1) is 47.4 Å². The molecule has 0 spiro atoms. The predicted molar refractivity (Wildman–Crippen MR) is 198 cm³/mol. The lowest BCUT2D eigenvalue weighted by molar-refractivity contribution is -0.144. The number of hydrogen-bond donors (Lipinski definition) is 2. The van der Waals surface area contributed by atoms with Gasteiger partial charge in [-0.3, -0.25) is 24.1 Å². The second-order valence-electron chi connectivity index (χ2n) is 14.8. The lowest BCUT2D eigenvalue weighted by Gasteiger charge is -2.39. The van der Waals surface area contributed by atoms with Crippen molar-refractivity contribution < 1.29 is 33.4 Å². The molecule has 3 heterocycles. The van der Waals surface area contributed by atoms with Crippen molar-refractivity contribution in [2.24, 2.45) is 13.0 Å². The number of hydrogen-bond acceptors (Lipinski definition) is 6. The Morgan fingerprint density at radius 1 is 1.00 bits per heavy atom. The smallest absolute Gasteiger partial charge is 0.306 e. The van der Waals surface area contributed by atoms with Gasteiger partial charge in [0.1, 0.15) is 0 Å². The lowest BCUT2D eigenvalue weighted by Crippen LogP contribution is -2.55. The van der Waals surface area contributed by atoms with Crippen LogP contribution in [-0.2, 0) is 32.6 Å². The number of anilines is 1. The number of carboxylic acids is 1. The molecule has 3 amide bonds. The molecule has 280 valence electrons. The second kappa shape index (κ2) is 15.7. The highest BCUT2D eigenvalue weighted by atomic mass is 35.5. The van der Waals surface area contributed by atoms with E-state index in [0.29, 0.717) is 93.3 Å². The fourth-order valence-corrected chi connectivity index (χ4v) is 8.27. The highest BCUT2D eigenvalue weighted by Crippen LogP contribution is 2.33. The van der Waals surface area contributed by atoms with Gasteiger partial charge in [-0.25, -0.2) is 4.39 Å². The van der Waals surface area contributed by atoms with Gasteiger partial charge in [-0.05, 0) is 69.7 Å². The first-order chi connectivity index (χ1) is 24.7. The number of amides is 3. The molecule has 2 saturated heterocycles. The number of carbonyl (C=O) groups is 4. The van der Waals surface area contributed by atoms with Gasteiger partial charge in [-0.15, -0.1) is 0 Å². The zero-order valence-corrected chi connectivity index (χ0v) is 31.3. The number of likely N-dealkylation sites (tertiary alicyclic amines) is 1. The number of aliphatic carboxylic acids is 1. The van der Waals surface area contributed by atoms with E-state index in [2.05, 4.69) is 10.2 Å². The van der Waals surface area contributed by atoms with Gasteiger partial charge < -0.3 is 29.5 Å². The number of benzene rings is 2. The van der Waals surface area contributed by atoms with E-state index in [1.54, 1.807) is 23.2 Å². The van der Waals surface area contributed by atoms with E-state index in [0.717, 1.165) is 10.9 Å². The highest BCUT2D eigenvalue weighted by Gasteiger charge is 2.41. The van der Waals surface area contributed by atoms with Crippen LogP contribution in [0.15, 0.2) is 42.6 Å². The number of carboxylic acid groups (broad SMARTS) is 1. The molecule has 2 N–H and O–H groups in total. The molecule has 2 aromatic carbocycles. The van der Waals surface area contributed by atoms with Crippen LogP contribution in [0, 0.1) is 5.92 Å². The summed E-state index contributed by atoms with van der Waals surface area (Å²) < 4.78 is 22.6. The maximum atomic E-state index is 14.4.